The Labute approximate surface area is 107 Å². The van der Waals surface area contributed by atoms with Gasteiger partial charge in [-0.25, -0.2) is 13.6 Å². The fraction of sp³-hybridized carbons (Fsp3) is 0.455. The Hall–Kier alpha value is -1.31. The molecular weight excluding hydrogens is 254 g/mol. The van der Waals surface area contributed by atoms with E-state index in [1.54, 1.807) is 6.07 Å². The molecule has 0 aliphatic rings. The van der Waals surface area contributed by atoms with E-state index < -0.39 is 10.0 Å². The lowest BCUT2D eigenvalue weighted by Gasteiger charge is -2.22. The first kappa shape index (κ1) is 14.7. The van der Waals surface area contributed by atoms with Gasteiger partial charge in [-0.15, -0.1) is 0 Å². The van der Waals surface area contributed by atoms with Crippen molar-refractivity contribution in [3.05, 3.63) is 18.2 Å². The van der Waals surface area contributed by atoms with E-state index in [-0.39, 0.29) is 16.9 Å². The van der Waals surface area contributed by atoms with Gasteiger partial charge in [0.15, 0.2) is 0 Å². The predicted octanol–water partition coefficient (Wildman–Crippen LogP) is 0.347. The van der Waals surface area contributed by atoms with E-state index in [0.29, 0.717) is 17.9 Å². The van der Waals surface area contributed by atoms with E-state index in [1.807, 2.05) is 13.8 Å². The Morgan fingerprint density at radius 3 is 2.44 bits per heavy atom. The molecule has 0 bridgehead atoms. The van der Waals surface area contributed by atoms with Crippen LogP contribution in [0.15, 0.2) is 23.1 Å². The molecule has 1 aromatic carbocycles. The average Bonchev–Trinajstić information content (AvgIpc) is 2.25. The fourth-order valence-corrected chi connectivity index (χ4v) is 1.88. The van der Waals surface area contributed by atoms with E-state index in [2.05, 4.69) is 5.32 Å². The van der Waals surface area contributed by atoms with Crippen molar-refractivity contribution in [2.45, 2.75) is 18.7 Å². The van der Waals surface area contributed by atoms with Crippen molar-refractivity contribution in [3.8, 4) is 0 Å². The maximum Gasteiger partial charge on any atom is 0.238 e. The standard InChI is InChI=1S/C11H19N3O3S/c1-11(2,7-15)6-14-9-3-8(12)4-10(5-9)18(13,16)17/h3-5,14-15H,6-7,12H2,1-2H3,(H2,13,16,17). The number of nitrogens with two attached hydrogens (primary N) is 2. The molecule has 0 amide bonds. The zero-order valence-corrected chi connectivity index (χ0v) is 11.3. The van der Waals surface area contributed by atoms with Crippen LogP contribution in [-0.2, 0) is 10.0 Å². The third-order valence-corrected chi connectivity index (χ3v) is 3.35. The summed E-state index contributed by atoms with van der Waals surface area (Å²) < 4.78 is 22.5. The van der Waals surface area contributed by atoms with Crippen molar-refractivity contribution >= 4 is 21.4 Å². The highest BCUT2D eigenvalue weighted by atomic mass is 32.2. The number of sulfonamides is 1. The first-order valence-electron chi connectivity index (χ1n) is 5.42. The Kier molecular flexibility index (Phi) is 4.20. The largest absolute Gasteiger partial charge is 0.399 e. The molecule has 1 rings (SSSR count). The van der Waals surface area contributed by atoms with Gasteiger partial charge in [-0.1, -0.05) is 13.8 Å². The number of aliphatic hydroxyl groups is 1. The van der Waals surface area contributed by atoms with Crippen LogP contribution in [-0.4, -0.2) is 26.7 Å². The number of hydrogen-bond acceptors (Lipinski definition) is 5. The third-order valence-electron chi connectivity index (χ3n) is 2.46. The Morgan fingerprint density at radius 2 is 1.94 bits per heavy atom. The summed E-state index contributed by atoms with van der Waals surface area (Å²) in [5, 5.41) is 17.2. The molecule has 6 N–H and O–H groups in total. The van der Waals surface area contributed by atoms with E-state index >= 15 is 0 Å². The number of hydrogen-bond donors (Lipinski definition) is 4. The molecule has 0 spiro atoms. The zero-order chi connectivity index (χ0) is 14.0. The minimum atomic E-state index is -3.78. The highest BCUT2D eigenvalue weighted by molar-refractivity contribution is 7.89. The van der Waals surface area contributed by atoms with Crippen LogP contribution in [0.2, 0.25) is 0 Å². The second-order valence-corrected chi connectivity index (χ2v) is 6.57. The molecule has 1 aromatic rings. The lowest BCUT2D eigenvalue weighted by Crippen LogP contribution is -2.27. The molecule has 0 fully saturated rings. The molecule has 102 valence electrons. The van der Waals surface area contributed by atoms with Crippen LogP contribution in [0.1, 0.15) is 13.8 Å². The number of anilines is 2. The molecule has 0 atom stereocenters. The van der Waals surface area contributed by atoms with E-state index in [4.69, 9.17) is 16.0 Å². The van der Waals surface area contributed by atoms with E-state index in [1.165, 1.54) is 12.1 Å². The van der Waals surface area contributed by atoms with Crippen molar-refractivity contribution in [2.75, 3.05) is 24.2 Å². The molecule has 6 nitrogen and oxygen atoms in total. The van der Waals surface area contributed by atoms with Gasteiger partial charge in [0, 0.05) is 29.9 Å². The van der Waals surface area contributed by atoms with E-state index in [9.17, 15) is 8.42 Å². The Morgan fingerprint density at radius 1 is 1.33 bits per heavy atom. The summed E-state index contributed by atoms with van der Waals surface area (Å²) in [6.45, 7) is 4.27. The monoisotopic (exact) mass is 273 g/mol. The average molecular weight is 273 g/mol. The zero-order valence-electron chi connectivity index (χ0n) is 10.5. The van der Waals surface area contributed by atoms with Crippen LogP contribution in [0, 0.1) is 5.41 Å². The SMILES string of the molecule is CC(C)(CO)CNc1cc(N)cc(S(N)(=O)=O)c1. The number of benzene rings is 1. The summed E-state index contributed by atoms with van der Waals surface area (Å²) in [5.74, 6) is 0. The maximum absolute atomic E-state index is 11.2. The Bertz CT molecular complexity index is 526. The van der Waals surface area contributed by atoms with Gasteiger partial charge in [-0.3, -0.25) is 0 Å². The second-order valence-electron chi connectivity index (χ2n) is 5.01. The van der Waals surface area contributed by atoms with Crippen LogP contribution in [0.3, 0.4) is 0 Å². The topological polar surface area (TPSA) is 118 Å². The highest BCUT2D eigenvalue weighted by Crippen LogP contribution is 2.21. The van der Waals surface area contributed by atoms with Gasteiger partial charge in [0.05, 0.1) is 4.90 Å². The molecule has 0 saturated carbocycles. The summed E-state index contributed by atoms with van der Waals surface area (Å²) in [6.07, 6.45) is 0. The second kappa shape index (κ2) is 5.13. The van der Waals surface area contributed by atoms with Crippen molar-refractivity contribution < 1.29 is 13.5 Å². The molecule has 0 saturated heterocycles. The van der Waals surface area contributed by atoms with E-state index in [0.717, 1.165) is 0 Å². The molecule has 7 heteroatoms. The molecule has 0 heterocycles. The molecule has 0 radical (unpaired) electrons. The van der Waals surface area contributed by atoms with Gasteiger partial charge in [0.25, 0.3) is 0 Å². The third kappa shape index (κ3) is 4.17. The van der Waals surface area contributed by atoms with Crippen LogP contribution < -0.4 is 16.2 Å². The molecule has 0 aliphatic carbocycles. The lowest BCUT2D eigenvalue weighted by atomic mass is 9.95. The van der Waals surface area contributed by atoms with Gasteiger partial charge in [0.2, 0.25) is 10.0 Å². The number of rotatable bonds is 5. The van der Waals surface area contributed by atoms with Crippen LogP contribution in [0.5, 0.6) is 0 Å². The number of nitrogens with one attached hydrogen (secondary N) is 1. The van der Waals surface area contributed by atoms with Crippen molar-refractivity contribution in [1.82, 2.24) is 0 Å². The minimum absolute atomic E-state index is 0.0182. The van der Waals surface area contributed by atoms with Gasteiger partial charge in [-0.2, -0.15) is 0 Å². The molecule has 18 heavy (non-hydrogen) atoms. The fourth-order valence-electron chi connectivity index (χ4n) is 1.29. The van der Waals surface area contributed by atoms with Gasteiger partial charge in [-0.05, 0) is 18.2 Å². The van der Waals surface area contributed by atoms with Crippen LogP contribution >= 0.6 is 0 Å². The van der Waals surface area contributed by atoms with Crippen molar-refractivity contribution in [2.24, 2.45) is 10.6 Å². The molecular formula is C11H19N3O3S. The number of nitrogen functional groups attached to an aromatic ring is 1. The predicted molar refractivity (Wildman–Crippen MR) is 71.6 cm³/mol. The van der Waals surface area contributed by atoms with Gasteiger partial charge < -0.3 is 16.2 Å². The summed E-state index contributed by atoms with van der Waals surface area (Å²) >= 11 is 0. The molecule has 0 aliphatic heterocycles. The maximum atomic E-state index is 11.2. The van der Waals surface area contributed by atoms with Crippen molar-refractivity contribution in [3.63, 3.8) is 0 Å². The number of primary sulfonamides is 1. The van der Waals surface area contributed by atoms with Crippen LogP contribution in [0.25, 0.3) is 0 Å². The smallest absolute Gasteiger partial charge is 0.238 e. The quantitative estimate of drug-likeness (QED) is 0.577. The van der Waals surface area contributed by atoms with Crippen LogP contribution in [0.4, 0.5) is 11.4 Å². The van der Waals surface area contributed by atoms with Gasteiger partial charge >= 0.3 is 0 Å². The minimum Gasteiger partial charge on any atom is -0.399 e. The lowest BCUT2D eigenvalue weighted by molar-refractivity contribution is 0.171. The van der Waals surface area contributed by atoms with Gasteiger partial charge in [0.1, 0.15) is 0 Å². The molecule has 0 unspecified atom stereocenters. The first-order valence-corrected chi connectivity index (χ1v) is 6.97. The normalized spacial score (nSPS) is 12.4. The summed E-state index contributed by atoms with van der Waals surface area (Å²) in [4.78, 5) is -0.0354. The summed E-state index contributed by atoms with van der Waals surface area (Å²) in [5.41, 5.74) is 6.17. The molecule has 0 aromatic heterocycles. The summed E-state index contributed by atoms with van der Waals surface area (Å²) in [7, 11) is -3.78. The highest BCUT2D eigenvalue weighted by Gasteiger charge is 2.16. The summed E-state index contributed by atoms with van der Waals surface area (Å²) in [6, 6.07) is 4.33. The number of aliphatic hydroxyl groups excluding tert-OH is 1. The van der Waals surface area contributed by atoms with Crippen molar-refractivity contribution in [1.29, 1.82) is 0 Å². The Balaban J connectivity index is 2.95. The first-order chi connectivity index (χ1) is 8.14.